The van der Waals surface area contributed by atoms with Gasteiger partial charge in [-0.25, -0.2) is 18.1 Å². The SMILES string of the molecule is COc1ccc(S(=O)(=O)N2CCCCC2)cc1NC(=O)c1cc(C)nc2c1cnn2C(C)C. The maximum atomic E-state index is 13.3. The van der Waals surface area contributed by atoms with E-state index in [1.54, 1.807) is 23.0 Å². The molecule has 0 aliphatic carbocycles. The number of pyridine rings is 1. The van der Waals surface area contributed by atoms with E-state index in [0.717, 1.165) is 19.3 Å². The molecule has 4 rings (SSSR count). The minimum Gasteiger partial charge on any atom is -0.495 e. The zero-order chi connectivity index (χ0) is 23.8. The Labute approximate surface area is 193 Å². The highest BCUT2D eigenvalue weighted by atomic mass is 32.2. The van der Waals surface area contributed by atoms with Crippen LogP contribution in [0.1, 0.15) is 55.2 Å². The Hall–Kier alpha value is -2.98. The number of fused-ring (bicyclic) bond motifs is 1. The number of nitrogens with zero attached hydrogens (tertiary/aromatic N) is 4. The van der Waals surface area contributed by atoms with Gasteiger partial charge in [0.15, 0.2) is 5.65 Å². The number of benzene rings is 1. The highest BCUT2D eigenvalue weighted by Crippen LogP contribution is 2.31. The molecule has 0 saturated carbocycles. The van der Waals surface area contributed by atoms with Crippen LogP contribution >= 0.6 is 0 Å². The quantitative estimate of drug-likeness (QED) is 0.587. The predicted molar refractivity (Wildman–Crippen MR) is 126 cm³/mol. The molecule has 9 nitrogen and oxygen atoms in total. The van der Waals surface area contributed by atoms with Crippen molar-refractivity contribution in [2.75, 3.05) is 25.5 Å². The minimum atomic E-state index is -3.65. The van der Waals surface area contributed by atoms with Crippen LogP contribution in [0.5, 0.6) is 5.75 Å². The monoisotopic (exact) mass is 471 g/mol. The van der Waals surface area contributed by atoms with Crippen LogP contribution in [0.15, 0.2) is 35.4 Å². The van der Waals surface area contributed by atoms with Gasteiger partial charge in [0, 0.05) is 24.8 Å². The van der Waals surface area contributed by atoms with Crippen molar-refractivity contribution in [3.05, 3.63) is 41.7 Å². The smallest absolute Gasteiger partial charge is 0.256 e. The Bertz CT molecular complexity index is 1290. The highest BCUT2D eigenvalue weighted by molar-refractivity contribution is 7.89. The van der Waals surface area contributed by atoms with Gasteiger partial charge in [-0.2, -0.15) is 9.40 Å². The van der Waals surface area contributed by atoms with Gasteiger partial charge in [0.1, 0.15) is 5.75 Å². The van der Waals surface area contributed by atoms with Crippen molar-refractivity contribution >= 4 is 32.7 Å². The van der Waals surface area contributed by atoms with Gasteiger partial charge in [0.05, 0.1) is 34.8 Å². The Morgan fingerprint density at radius 1 is 1.15 bits per heavy atom. The number of ether oxygens (including phenoxy) is 1. The molecule has 0 unspecified atom stereocenters. The molecule has 0 radical (unpaired) electrons. The van der Waals surface area contributed by atoms with E-state index < -0.39 is 10.0 Å². The van der Waals surface area contributed by atoms with Crippen molar-refractivity contribution in [3.8, 4) is 5.75 Å². The van der Waals surface area contributed by atoms with Gasteiger partial charge in [0.25, 0.3) is 5.91 Å². The van der Waals surface area contributed by atoms with E-state index in [9.17, 15) is 13.2 Å². The molecule has 0 bridgehead atoms. The molecule has 33 heavy (non-hydrogen) atoms. The topological polar surface area (TPSA) is 106 Å². The van der Waals surface area contributed by atoms with Crippen molar-refractivity contribution in [2.45, 2.75) is 51.0 Å². The van der Waals surface area contributed by atoms with E-state index >= 15 is 0 Å². The fourth-order valence-corrected chi connectivity index (χ4v) is 5.64. The second-order valence-electron chi connectivity index (χ2n) is 8.51. The van der Waals surface area contributed by atoms with E-state index in [2.05, 4.69) is 15.4 Å². The third-order valence-corrected chi connectivity index (χ3v) is 7.70. The number of rotatable bonds is 6. The largest absolute Gasteiger partial charge is 0.495 e. The van der Waals surface area contributed by atoms with E-state index in [4.69, 9.17) is 4.74 Å². The van der Waals surface area contributed by atoms with E-state index in [1.165, 1.54) is 23.5 Å². The molecule has 1 saturated heterocycles. The molecular weight excluding hydrogens is 442 g/mol. The number of hydrogen-bond acceptors (Lipinski definition) is 6. The maximum Gasteiger partial charge on any atom is 0.256 e. The van der Waals surface area contributed by atoms with Gasteiger partial charge in [-0.15, -0.1) is 0 Å². The molecule has 1 N–H and O–H groups in total. The van der Waals surface area contributed by atoms with Gasteiger partial charge < -0.3 is 10.1 Å². The number of nitrogens with one attached hydrogen (secondary N) is 1. The number of amides is 1. The number of methoxy groups -OCH3 is 1. The van der Waals surface area contributed by atoms with Crippen molar-refractivity contribution in [2.24, 2.45) is 0 Å². The first kappa shape index (κ1) is 23.2. The summed E-state index contributed by atoms with van der Waals surface area (Å²) >= 11 is 0. The molecule has 1 aromatic carbocycles. The Kier molecular flexibility index (Phi) is 6.40. The molecule has 1 amide bonds. The van der Waals surface area contributed by atoms with Crippen LogP contribution in [0.3, 0.4) is 0 Å². The van der Waals surface area contributed by atoms with Crippen LogP contribution in [0.2, 0.25) is 0 Å². The summed E-state index contributed by atoms with van der Waals surface area (Å²) < 4.78 is 34.9. The average molecular weight is 472 g/mol. The summed E-state index contributed by atoms with van der Waals surface area (Å²) in [6.45, 7) is 6.82. The van der Waals surface area contributed by atoms with E-state index in [0.29, 0.717) is 46.8 Å². The normalized spacial score (nSPS) is 15.2. The summed E-state index contributed by atoms with van der Waals surface area (Å²) in [4.78, 5) is 18.0. The molecule has 1 aliphatic heterocycles. The molecule has 3 aromatic rings. The fourth-order valence-electron chi connectivity index (χ4n) is 4.10. The number of piperidine rings is 1. The molecule has 2 aromatic heterocycles. The predicted octanol–water partition coefficient (Wildman–Crippen LogP) is 3.76. The van der Waals surface area contributed by atoms with Crippen LogP contribution in [0, 0.1) is 6.92 Å². The van der Waals surface area contributed by atoms with Crippen LogP contribution in [0.25, 0.3) is 11.0 Å². The number of carbonyl (C=O) groups is 1. The van der Waals surface area contributed by atoms with Crippen LogP contribution in [-0.2, 0) is 10.0 Å². The summed E-state index contributed by atoms with van der Waals surface area (Å²) in [6, 6.07) is 6.33. The fraction of sp³-hybridized carbons (Fsp3) is 0.435. The highest BCUT2D eigenvalue weighted by Gasteiger charge is 2.27. The van der Waals surface area contributed by atoms with Gasteiger partial charge in [0.2, 0.25) is 10.0 Å². The van der Waals surface area contributed by atoms with Crippen molar-refractivity contribution in [3.63, 3.8) is 0 Å². The van der Waals surface area contributed by atoms with Crippen molar-refractivity contribution < 1.29 is 17.9 Å². The average Bonchev–Trinajstić information content (AvgIpc) is 3.23. The number of anilines is 1. The van der Waals surface area contributed by atoms with Crippen LogP contribution in [0.4, 0.5) is 5.69 Å². The van der Waals surface area contributed by atoms with E-state index in [-0.39, 0.29) is 16.8 Å². The standard InChI is InChI=1S/C23H29N5O4S/c1-15(2)28-22-19(14-24-28)18(12-16(3)25-22)23(29)26-20-13-17(8-9-21(20)32-4)33(30,31)27-10-6-5-7-11-27/h8-9,12-15H,5-7,10-11H2,1-4H3,(H,26,29). The van der Waals surface area contributed by atoms with Crippen molar-refractivity contribution in [1.82, 2.24) is 19.1 Å². The van der Waals surface area contributed by atoms with Gasteiger partial charge in [-0.1, -0.05) is 6.42 Å². The maximum absolute atomic E-state index is 13.3. The number of sulfonamides is 1. The summed E-state index contributed by atoms with van der Waals surface area (Å²) in [5.41, 5.74) is 2.02. The lowest BCUT2D eigenvalue weighted by molar-refractivity contribution is 0.102. The Balaban J connectivity index is 1.70. The molecular formula is C23H29N5O4S. The Morgan fingerprint density at radius 3 is 2.55 bits per heavy atom. The second kappa shape index (κ2) is 9.11. The molecule has 3 heterocycles. The third-order valence-electron chi connectivity index (χ3n) is 5.80. The number of aromatic nitrogens is 3. The minimum absolute atomic E-state index is 0.0875. The second-order valence-corrected chi connectivity index (χ2v) is 10.5. The summed E-state index contributed by atoms with van der Waals surface area (Å²) in [6.07, 6.45) is 4.36. The van der Waals surface area contributed by atoms with Crippen LogP contribution in [-0.4, -0.2) is 53.6 Å². The Morgan fingerprint density at radius 2 is 1.88 bits per heavy atom. The summed E-state index contributed by atoms with van der Waals surface area (Å²) in [5.74, 6) is -0.0135. The molecule has 0 spiro atoms. The molecule has 176 valence electrons. The van der Waals surface area contributed by atoms with Gasteiger partial charge in [-0.3, -0.25) is 4.79 Å². The molecule has 10 heteroatoms. The third kappa shape index (κ3) is 4.45. The number of hydrogen-bond donors (Lipinski definition) is 1. The number of carbonyl (C=O) groups excluding carboxylic acids is 1. The van der Waals surface area contributed by atoms with Gasteiger partial charge in [-0.05, 0) is 57.9 Å². The zero-order valence-electron chi connectivity index (χ0n) is 19.3. The first-order valence-electron chi connectivity index (χ1n) is 11.1. The lowest BCUT2D eigenvalue weighted by Crippen LogP contribution is -2.35. The lowest BCUT2D eigenvalue weighted by Gasteiger charge is -2.26. The summed E-state index contributed by atoms with van der Waals surface area (Å²) in [5, 5.41) is 7.85. The number of aryl methyl sites for hydroxylation is 1. The first-order valence-corrected chi connectivity index (χ1v) is 12.5. The zero-order valence-corrected chi connectivity index (χ0v) is 20.1. The molecule has 1 fully saturated rings. The van der Waals surface area contributed by atoms with Crippen LogP contribution < -0.4 is 10.1 Å². The first-order chi connectivity index (χ1) is 15.7. The van der Waals surface area contributed by atoms with Gasteiger partial charge >= 0.3 is 0 Å². The molecule has 0 atom stereocenters. The van der Waals surface area contributed by atoms with Crippen molar-refractivity contribution in [1.29, 1.82) is 0 Å². The van der Waals surface area contributed by atoms with E-state index in [1.807, 2.05) is 20.8 Å². The summed E-state index contributed by atoms with van der Waals surface area (Å²) in [7, 11) is -2.18. The lowest BCUT2D eigenvalue weighted by atomic mass is 10.1. The molecule has 1 aliphatic rings.